The second-order valence-corrected chi connectivity index (χ2v) is 2.23. The van der Waals surface area contributed by atoms with E-state index in [1.165, 1.54) is 6.07 Å². The zero-order valence-corrected chi connectivity index (χ0v) is 6.45. The zero-order chi connectivity index (χ0) is 9.14. The first-order chi connectivity index (χ1) is 5.63. The first-order valence-electron chi connectivity index (χ1n) is 3.35. The summed E-state index contributed by atoms with van der Waals surface area (Å²) >= 11 is 0. The van der Waals surface area contributed by atoms with Gasteiger partial charge in [0.05, 0.1) is 0 Å². The van der Waals surface area contributed by atoms with Gasteiger partial charge in [0.15, 0.2) is 0 Å². The summed E-state index contributed by atoms with van der Waals surface area (Å²) < 4.78 is 12.6. The highest BCUT2D eigenvalue weighted by Crippen LogP contribution is 2.00. The second-order valence-electron chi connectivity index (χ2n) is 2.23. The van der Waals surface area contributed by atoms with Gasteiger partial charge in [0.2, 0.25) is 5.95 Å². The average Bonchev–Trinajstić information content (AvgIpc) is 2.03. The predicted octanol–water partition coefficient (Wildman–Crippen LogP) is -1.06. The Hall–Kier alpha value is -1.14. The predicted molar refractivity (Wildman–Crippen MR) is 43.6 cm³/mol. The molecule has 0 radical (unpaired) electrons. The fourth-order valence-electron chi connectivity index (χ4n) is 0.794. The summed E-state index contributed by atoms with van der Waals surface area (Å²) in [6, 6.07) is 2.32. The van der Waals surface area contributed by atoms with Crippen LogP contribution in [0.1, 0.15) is 0 Å². The summed E-state index contributed by atoms with van der Waals surface area (Å²) in [6.07, 6.45) is 0. The van der Waals surface area contributed by atoms with E-state index in [0.29, 0.717) is 0 Å². The molecule has 64 valence electrons. The van der Waals surface area contributed by atoms with Crippen molar-refractivity contribution in [1.82, 2.24) is 4.98 Å². The third-order valence-electron chi connectivity index (χ3n) is 1.37. The summed E-state index contributed by atoms with van der Waals surface area (Å²) in [7, 11) is -0.107. The first-order valence-corrected chi connectivity index (χ1v) is 3.35. The molecule has 4 nitrogen and oxygen atoms in total. The first kappa shape index (κ1) is 8.96. The van der Waals surface area contributed by atoms with Crippen molar-refractivity contribution in [2.45, 2.75) is 0 Å². The van der Waals surface area contributed by atoms with Crippen LogP contribution in [-0.4, -0.2) is 29.2 Å². The van der Waals surface area contributed by atoms with Crippen molar-refractivity contribution < 1.29 is 14.4 Å². The van der Waals surface area contributed by atoms with Gasteiger partial charge in [0.25, 0.3) is 0 Å². The number of pyridine rings is 1. The molecule has 0 aliphatic carbocycles. The number of aromatic nitrogens is 1. The Morgan fingerprint density at radius 1 is 1.50 bits per heavy atom. The van der Waals surface area contributed by atoms with Crippen molar-refractivity contribution in [3.8, 4) is 0 Å². The normalized spacial score (nSPS) is 9.67. The van der Waals surface area contributed by atoms with Gasteiger partial charge in [-0.25, -0.2) is 4.98 Å². The Labute approximate surface area is 69.2 Å². The van der Waals surface area contributed by atoms with Crippen LogP contribution >= 0.6 is 0 Å². The van der Waals surface area contributed by atoms with Crippen LogP contribution in [0.5, 0.6) is 0 Å². The Balaban J connectivity index is 3.06. The molecule has 12 heavy (non-hydrogen) atoms. The Kier molecular flexibility index (Phi) is 2.62. The second kappa shape index (κ2) is 3.51. The van der Waals surface area contributed by atoms with Gasteiger partial charge in [-0.2, -0.15) is 4.39 Å². The number of anilines is 1. The highest BCUT2D eigenvalue weighted by atomic mass is 19.1. The van der Waals surface area contributed by atoms with Crippen LogP contribution in [0.15, 0.2) is 12.1 Å². The molecule has 1 aromatic heterocycles. The molecule has 0 atom stereocenters. The molecule has 1 aromatic rings. The number of hydrogen-bond donors (Lipinski definition) is 3. The van der Waals surface area contributed by atoms with Crippen LogP contribution in [0.3, 0.4) is 0 Å². The van der Waals surface area contributed by atoms with Crippen LogP contribution < -0.4 is 10.8 Å². The molecule has 1 heterocycles. The lowest BCUT2D eigenvalue weighted by atomic mass is 9.81. The largest absolute Gasteiger partial charge is 0.488 e. The molecule has 1 rings (SSSR count). The minimum Gasteiger partial charge on any atom is -0.423 e. The van der Waals surface area contributed by atoms with E-state index in [2.05, 4.69) is 10.3 Å². The highest BCUT2D eigenvalue weighted by Gasteiger charge is 2.13. The third kappa shape index (κ3) is 1.93. The lowest BCUT2D eigenvalue weighted by Crippen LogP contribution is -2.30. The molecule has 0 saturated heterocycles. The molecule has 0 bridgehead atoms. The van der Waals surface area contributed by atoms with E-state index in [4.69, 9.17) is 10.0 Å². The number of halogens is 1. The summed E-state index contributed by atoms with van der Waals surface area (Å²) in [4.78, 5) is 3.43. The number of hydrogen-bond acceptors (Lipinski definition) is 4. The van der Waals surface area contributed by atoms with Crippen molar-refractivity contribution >= 4 is 18.4 Å². The van der Waals surface area contributed by atoms with Crippen LogP contribution in [-0.2, 0) is 0 Å². The average molecular weight is 170 g/mol. The number of nitrogens with zero attached hydrogens (tertiary/aromatic N) is 1. The SMILES string of the molecule is CNc1cc(B(O)O)cc(F)n1. The monoisotopic (exact) mass is 170 g/mol. The quantitative estimate of drug-likeness (QED) is 0.391. The highest BCUT2D eigenvalue weighted by molar-refractivity contribution is 6.58. The van der Waals surface area contributed by atoms with Gasteiger partial charge in [0.1, 0.15) is 5.82 Å². The van der Waals surface area contributed by atoms with Crippen molar-refractivity contribution in [2.75, 3.05) is 12.4 Å². The Morgan fingerprint density at radius 3 is 2.67 bits per heavy atom. The van der Waals surface area contributed by atoms with Crippen molar-refractivity contribution in [1.29, 1.82) is 0 Å². The number of rotatable bonds is 2. The van der Waals surface area contributed by atoms with Gasteiger partial charge in [-0.15, -0.1) is 0 Å². The number of nitrogens with one attached hydrogen (secondary N) is 1. The maximum atomic E-state index is 12.6. The maximum absolute atomic E-state index is 12.6. The van der Waals surface area contributed by atoms with Crippen LogP contribution in [0.4, 0.5) is 10.2 Å². The summed E-state index contributed by atoms with van der Waals surface area (Å²) in [5.74, 6) is -0.483. The van der Waals surface area contributed by atoms with Gasteiger partial charge in [-0.1, -0.05) is 0 Å². The molecule has 3 N–H and O–H groups in total. The van der Waals surface area contributed by atoms with Crippen LogP contribution in [0, 0.1) is 5.95 Å². The topological polar surface area (TPSA) is 65.4 Å². The molecule has 0 unspecified atom stereocenters. The Bertz CT molecular complexity index is 282. The van der Waals surface area contributed by atoms with E-state index in [9.17, 15) is 4.39 Å². The van der Waals surface area contributed by atoms with E-state index in [-0.39, 0.29) is 11.3 Å². The molecule has 0 aliphatic heterocycles. The van der Waals surface area contributed by atoms with E-state index < -0.39 is 13.1 Å². The lowest BCUT2D eigenvalue weighted by molar-refractivity contribution is 0.425. The molecule has 0 aromatic carbocycles. The van der Waals surface area contributed by atoms with Gasteiger partial charge >= 0.3 is 7.12 Å². The summed E-state index contributed by atoms with van der Waals surface area (Å²) in [6.45, 7) is 0. The van der Waals surface area contributed by atoms with Crippen LogP contribution in [0.25, 0.3) is 0 Å². The smallest absolute Gasteiger partial charge is 0.423 e. The molecular formula is C6H8BFN2O2. The van der Waals surface area contributed by atoms with Crippen molar-refractivity contribution in [3.63, 3.8) is 0 Å². The molecule has 0 aliphatic rings. The van der Waals surface area contributed by atoms with Crippen molar-refractivity contribution in [3.05, 3.63) is 18.1 Å². The minimum atomic E-state index is -1.67. The summed E-state index contributed by atoms with van der Waals surface area (Å²) in [5.41, 5.74) is 0.0758. The fraction of sp³-hybridized carbons (Fsp3) is 0.167. The minimum absolute atomic E-state index is 0.0758. The molecule has 6 heteroatoms. The van der Waals surface area contributed by atoms with E-state index in [1.54, 1.807) is 7.05 Å². The molecule has 0 saturated carbocycles. The molecule has 0 fully saturated rings. The lowest BCUT2D eigenvalue weighted by Gasteiger charge is -2.02. The fourth-order valence-corrected chi connectivity index (χ4v) is 0.794. The van der Waals surface area contributed by atoms with E-state index in [1.807, 2.05) is 0 Å². The van der Waals surface area contributed by atoms with Gasteiger partial charge < -0.3 is 15.4 Å². The maximum Gasteiger partial charge on any atom is 0.488 e. The third-order valence-corrected chi connectivity index (χ3v) is 1.37. The van der Waals surface area contributed by atoms with E-state index >= 15 is 0 Å². The van der Waals surface area contributed by atoms with Crippen LogP contribution in [0.2, 0.25) is 0 Å². The summed E-state index contributed by atoms with van der Waals surface area (Å²) in [5, 5.41) is 20.0. The molecule has 0 amide bonds. The van der Waals surface area contributed by atoms with E-state index in [0.717, 1.165) is 6.07 Å². The Morgan fingerprint density at radius 2 is 2.17 bits per heavy atom. The van der Waals surface area contributed by atoms with Gasteiger partial charge in [-0.3, -0.25) is 0 Å². The van der Waals surface area contributed by atoms with Gasteiger partial charge in [0, 0.05) is 7.05 Å². The zero-order valence-electron chi connectivity index (χ0n) is 6.45. The standard InChI is InChI=1S/C6H8BFN2O2/c1-9-6-3-4(7(11)12)2-5(8)10-6/h2-3,11-12H,1H3,(H,9,10). The molecular weight excluding hydrogens is 162 g/mol. The molecule has 0 spiro atoms. The van der Waals surface area contributed by atoms with Crippen molar-refractivity contribution in [2.24, 2.45) is 0 Å². The van der Waals surface area contributed by atoms with Gasteiger partial charge in [-0.05, 0) is 17.6 Å².